The van der Waals surface area contributed by atoms with Crippen molar-refractivity contribution in [2.45, 2.75) is 64.8 Å². The van der Waals surface area contributed by atoms with E-state index in [-0.39, 0.29) is 5.91 Å². The number of nitrogens with zero attached hydrogens (tertiary/aromatic N) is 1. The number of carbonyl (C=O) groups excluding carboxylic acids is 1. The number of amides is 1. The van der Waals surface area contributed by atoms with Gasteiger partial charge in [0.1, 0.15) is 5.75 Å². The van der Waals surface area contributed by atoms with E-state index in [0.29, 0.717) is 6.54 Å². The van der Waals surface area contributed by atoms with Gasteiger partial charge in [0.2, 0.25) is 5.91 Å². The van der Waals surface area contributed by atoms with E-state index in [9.17, 15) is 4.79 Å². The Bertz CT molecular complexity index is 769. The predicted molar refractivity (Wildman–Crippen MR) is 115 cm³/mol. The highest BCUT2D eigenvalue weighted by Crippen LogP contribution is 2.17. The number of hydrogen-bond donors (Lipinski definition) is 0. The molecule has 0 aromatic heterocycles. The first-order chi connectivity index (χ1) is 13.7. The van der Waals surface area contributed by atoms with Gasteiger partial charge in [0, 0.05) is 31.2 Å². The Morgan fingerprint density at radius 1 is 1.07 bits per heavy atom. The first-order valence-corrected chi connectivity index (χ1v) is 10.3. The van der Waals surface area contributed by atoms with Crippen LogP contribution in [0, 0.1) is 23.7 Å². The SMILES string of the molecule is CCCCCCCC#CC#CC1=CC(=O)N(Cc2ccc(OC)cc2)CCC1. The van der Waals surface area contributed by atoms with Crippen LogP contribution in [-0.2, 0) is 11.3 Å². The molecule has 3 heteroatoms. The summed E-state index contributed by atoms with van der Waals surface area (Å²) in [5, 5.41) is 0. The molecular formula is C25H31NO2. The molecule has 0 aliphatic carbocycles. The molecule has 1 aromatic carbocycles. The predicted octanol–water partition coefficient (Wildman–Crippen LogP) is 5.11. The monoisotopic (exact) mass is 377 g/mol. The van der Waals surface area contributed by atoms with Gasteiger partial charge in [-0.15, -0.1) is 0 Å². The molecule has 28 heavy (non-hydrogen) atoms. The number of methoxy groups -OCH3 is 1. The molecule has 0 radical (unpaired) electrons. The molecule has 0 N–H and O–H groups in total. The summed E-state index contributed by atoms with van der Waals surface area (Å²) in [5.41, 5.74) is 1.99. The lowest BCUT2D eigenvalue weighted by molar-refractivity contribution is -0.126. The van der Waals surface area contributed by atoms with E-state index in [1.165, 1.54) is 25.7 Å². The third-order valence-electron chi connectivity index (χ3n) is 4.80. The van der Waals surface area contributed by atoms with Crippen LogP contribution in [0.15, 0.2) is 35.9 Å². The Morgan fingerprint density at radius 3 is 2.61 bits per heavy atom. The third-order valence-corrected chi connectivity index (χ3v) is 4.80. The maximum Gasteiger partial charge on any atom is 0.247 e. The highest BCUT2D eigenvalue weighted by atomic mass is 16.5. The van der Waals surface area contributed by atoms with E-state index in [1.54, 1.807) is 13.2 Å². The summed E-state index contributed by atoms with van der Waals surface area (Å²) in [6.07, 6.45) is 10.6. The molecule has 1 aliphatic heterocycles. The van der Waals surface area contributed by atoms with Crippen molar-refractivity contribution in [3.8, 4) is 29.4 Å². The molecule has 0 saturated heterocycles. The summed E-state index contributed by atoms with van der Waals surface area (Å²) in [6, 6.07) is 7.85. The van der Waals surface area contributed by atoms with Crippen molar-refractivity contribution in [3.63, 3.8) is 0 Å². The van der Waals surface area contributed by atoms with Crippen LogP contribution in [0.25, 0.3) is 0 Å². The smallest absolute Gasteiger partial charge is 0.247 e. The molecule has 0 bridgehead atoms. The zero-order valence-corrected chi connectivity index (χ0v) is 17.2. The maximum atomic E-state index is 12.5. The van der Waals surface area contributed by atoms with Crippen molar-refractivity contribution in [2.75, 3.05) is 13.7 Å². The second kappa shape index (κ2) is 12.7. The molecular weight excluding hydrogens is 346 g/mol. The van der Waals surface area contributed by atoms with E-state index in [2.05, 4.69) is 30.6 Å². The fourth-order valence-corrected chi connectivity index (χ4v) is 3.13. The van der Waals surface area contributed by atoms with Gasteiger partial charge in [0.15, 0.2) is 0 Å². The zero-order chi connectivity index (χ0) is 20.0. The fraction of sp³-hybridized carbons (Fsp3) is 0.480. The first-order valence-electron chi connectivity index (χ1n) is 10.3. The lowest BCUT2D eigenvalue weighted by Gasteiger charge is -2.19. The fourth-order valence-electron chi connectivity index (χ4n) is 3.13. The van der Waals surface area contributed by atoms with E-state index >= 15 is 0 Å². The Balaban J connectivity index is 1.84. The van der Waals surface area contributed by atoms with Crippen LogP contribution in [-0.4, -0.2) is 24.5 Å². The Labute approximate surface area is 170 Å². The lowest BCUT2D eigenvalue weighted by atomic mass is 10.1. The number of ether oxygens (including phenoxy) is 1. The van der Waals surface area contributed by atoms with Gasteiger partial charge in [-0.3, -0.25) is 4.79 Å². The van der Waals surface area contributed by atoms with Crippen LogP contribution >= 0.6 is 0 Å². The first kappa shape index (κ1) is 21.6. The molecule has 0 atom stereocenters. The van der Waals surface area contributed by atoms with Crippen molar-refractivity contribution in [1.82, 2.24) is 4.90 Å². The Morgan fingerprint density at radius 2 is 1.86 bits per heavy atom. The molecule has 0 spiro atoms. The van der Waals surface area contributed by atoms with Gasteiger partial charge in [-0.1, -0.05) is 56.6 Å². The topological polar surface area (TPSA) is 29.5 Å². The summed E-state index contributed by atoms with van der Waals surface area (Å²) in [5.74, 6) is 12.9. The Kier molecular flexibility index (Phi) is 9.81. The zero-order valence-electron chi connectivity index (χ0n) is 17.2. The lowest BCUT2D eigenvalue weighted by Crippen LogP contribution is -2.28. The van der Waals surface area contributed by atoms with Gasteiger partial charge in [-0.05, 0) is 48.8 Å². The van der Waals surface area contributed by atoms with Gasteiger partial charge in [-0.25, -0.2) is 0 Å². The molecule has 2 rings (SSSR count). The normalized spacial score (nSPS) is 13.6. The van der Waals surface area contributed by atoms with Gasteiger partial charge in [0.05, 0.1) is 7.11 Å². The van der Waals surface area contributed by atoms with Crippen LogP contribution in [0.2, 0.25) is 0 Å². The van der Waals surface area contributed by atoms with Crippen LogP contribution < -0.4 is 4.74 Å². The van der Waals surface area contributed by atoms with E-state index in [4.69, 9.17) is 4.74 Å². The van der Waals surface area contributed by atoms with E-state index in [1.807, 2.05) is 29.2 Å². The van der Waals surface area contributed by atoms with Crippen molar-refractivity contribution in [2.24, 2.45) is 0 Å². The second-order valence-electron chi connectivity index (χ2n) is 7.10. The number of unbranched alkanes of at least 4 members (excludes halogenated alkanes) is 5. The van der Waals surface area contributed by atoms with Gasteiger partial charge in [0.25, 0.3) is 0 Å². The average molecular weight is 378 g/mol. The number of hydrogen-bond acceptors (Lipinski definition) is 2. The summed E-state index contributed by atoms with van der Waals surface area (Å²) >= 11 is 0. The van der Waals surface area contributed by atoms with Crippen molar-refractivity contribution < 1.29 is 9.53 Å². The van der Waals surface area contributed by atoms with Crippen LogP contribution in [0.4, 0.5) is 0 Å². The van der Waals surface area contributed by atoms with Crippen LogP contribution in [0.3, 0.4) is 0 Å². The second-order valence-corrected chi connectivity index (χ2v) is 7.10. The summed E-state index contributed by atoms with van der Waals surface area (Å²) in [4.78, 5) is 14.4. The van der Waals surface area contributed by atoms with Gasteiger partial charge < -0.3 is 9.64 Å². The third kappa shape index (κ3) is 7.93. The molecule has 1 aliphatic rings. The largest absolute Gasteiger partial charge is 0.497 e. The van der Waals surface area contributed by atoms with E-state index in [0.717, 1.165) is 49.1 Å². The highest BCUT2D eigenvalue weighted by Gasteiger charge is 2.16. The Hall–Kier alpha value is -2.65. The van der Waals surface area contributed by atoms with Crippen LogP contribution in [0.1, 0.15) is 63.9 Å². The minimum absolute atomic E-state index is 0.0292. The summed E-state index contributed by atoms with van der Waals surface area (Å²) in [6.45, 7) is 3.58. The van der Waals surface area contributed by atoms with Crippen molar-refractivity contribution in [1.29, 1.82) is 0 Å². The minimum atomic E-state index is 0.0292. The van der Waals surface area contributed by atoms with Crippen LogP contribution in [0.5, 0.6) is 5.75 Å². The summed E-state index contributed by atoms with van der Waals surface area (Å²) < 4.78 is 5.18. The molecule has 1 amide bonds. The molecule has 1 aromatic rings. The number of carbonyl (C=O) groups is 1. The van der Waals surface area contributed by atoms with Crippen molar-refractivity contribution in [3.05, 3.63) is 41.5 Å². The summed E-state index contributed by atoms with van der Waals surface area (Å²) in [7, 11) is 1.65. The molecule has 1 heterocycles. The molecule has 3 nitrogen and oxygen atoms in total. The molecule has 0 unspecified atom stereocenters. The molecule has 148 valence electrons. The molecule has 0 fully saturated rings. The number of rotatable bonds is 8. The van der Waals surface area contributed by atoms with Gasteiger partial charge >= 0.3 is 0 Å². The number of allylic oxidation sites excluding steroid dienone is 1. The quantitative estimate of drug-likeness (QED) is 0.465. The maximum absolute atomic E-state index is 12.5. The minimum Gasteiger partial charge on any atom is -0.497 e. The molecule has 0 saturated carbocycles. The van der Waals surface area contributed by atoms with Crippen molar-refractivity contribution >= 4 is 5.91 Å². The van der Waals surface area contributed by atoms with E-state index < -0.39 is 0 Å². The number of benzene rings is 1. The standard InChI is InChI=1S/C25H31NO2/c1-3-4-5-6-7-8-9-10-11-13-22-14-12-19-26(25(27)20-22)21-23-15-17-24(28-2)18-16-23/h15-18,20H,3-8,12,14,19,21H2,1-2H3. The van der Waals surface area contributed by atoms with Gasteiger partial charge in [-0.2, -0.15) is 0 Å². The highest BCUT2D eigenvalue weighted by molar-refractivity contribution is 5.89. The average Bonchev–Trinajstić information content (AvgIpc) is 2.88.